The Balaban J connectivity index is 2.43. The van der Waals surface area contributed by atoms with Crippen LogP contribution in [0.4, 0.5) is 11.6 Å². The van der Waals surface area contributed by atoms with Crippen LogP contribution in [0.2, 0.25) is 0 Å². The largest absolute Gasteiger partial charge is 0.384 e. The molecule has 7 heteroatoms. The number of carbonyl (C=O) groups is 1. The minimum atomic E-state index is -0.123. The lowest BCUT2D eigenvalue weighted by molar-refractivity contribution is -0.119. The number of methoxy groups -OCH3 is 1. The van der Waals surface area contributed by atoms with Crippen molar-refractivity contribution in [2.75, 3.05) is 37.9 Å². The van der Waals surface area contributed by atoms with Gasteiger partial charge in [-0.25, -0.2) is 9.97 Å². The molecule has 1 rings (SSSR count). The fourth-order valence-electron chi connectivity index (χ4n) is 1.29. The van der Waals surface area contributed by atoms with Gasteiger partial charge in [-0.2, -0.15) is 0 Å². The van der Waals surface area contributed by atoms with Crippen molar-refractivity contribution < 1.29 is 9.53 Å². The van der Waals surface area contributed by atoms with E-state index in [0.29, 0.717) is 37.0 Å². The fourth-order valence-corrected chi connectivity index (χ4v) is 1.29. The topological polar surface area (TPSA) is 102 Å². The lowest BCUT2D eigenvalue weighted by atomic mass is 10.4. The quantitative estimate of drug-likeness (QED) is 0.581. The minimum absolute atomic E-state index is 0.123. The lowest BCUT2D eigenvalue weighted by Gasteiger charge is -2.08. The SMILES string of the molecule is CCc1nc(N)cc(NCC(=O)NCCOC)n1. The first kappa shape index (κ1) is 14.2. The van der Waals surface area contributed by atoms with Crippen LogP contribution in [-0.4, -0.2) is 42.7 Å². The van der Waals surface area contributed by atoms with Crippen LogP contribution in [0.5, 0.6) is 0 Å². The Bertz CT molecular complexity index is 397. The number of anilines is 2. The third-order valence-corrected chi connectivity index (χ3v) is 2.17. The second-order valence-electron chi connectivity index (χ2n) is 3.64. The van der Waals surface area contributed by atoms with Crippen molar-refractivity contribution in [1.29, 1.82) is 0 Å². The maximum Gasteiger partial charge on any atom is 0.239 e. The molecule has 7 nitrogen and oxygen atoms in total. The van der Waals surface area contributed by atoms with Gasteiger partial charge >= 0.3 is 0 Å². The number of amides is 1. The summed E-state index contributed by atoms with van der Waals surface area (Å²) < 4.78 is 4.83. The van der Waals surface area contributed by atoms with E-state index in [2.05, 4.69) is 20.6 Å². The summed E-state index contributed by atoms with van der Waals surface area (Å²) in [5, 5.41) is 5.60. The van der Waals surface area contributed by atoms with Crippen LogP contribution >= 0.6 is 0 Å². The normalized spacial score (nSPS) is 10.1. The molecule has 0 aliphatic heterocycles. The van der Waals surface area contributed by atoms with Gasteiger partial charge in [0, 0.05) is 26.1 Å². The Kier molecular flexibility index (Phi) is 5.86. The first-order chi connectivity index (χ1) is 8.65. The summed E-state index contributed by atoms with van der Waals surface area (Å²) in [7, 11) is 1.58. The van der Waals surface area contributed by atoms with Gasteiger partial charge in [-0.15, -0.1) is 0 Å². The van der Waals surface area contributed by atoms with Gasteiger partial charge in [-0.1, -0.05) is 6.92 Å². The number of aryl methyl sites for hydroxylation is 1. The molecule has 1 heterocycles. The van der Waals surface area contributed by atoms with Crippen molar-refractivity contribution in [1.82, 2.24) is 15.3 Å². The summed E-state index contributed by atoms with van der Waals surface area (Å²) in [4.78, 5) is 19.7. The highest BCUT2D eigenvalue weighted by Crippen LogP contribution is 2.08. The Morgan fingerprint density at radius 1 is 1.50 bits per heavy atom. The van der Waals surface area contributed by atoms with E-state index in [9.17, 15) is 4.79 Å². The number of hydrogen-bond donors (Lipinski definition) is 3. The average Bonchev–Trinajstić information content (AvgIpc) is 2.36. The van der Waals surface area contributed by atoms with Gasteiger partial charge < -0.3 is 21.1 Å². The molecule has 0 bridgehead atoms. The molecule has 0 aliphatic carbocycles. The molecular formula is C11H19N5O2. The van der Waals surface area contributed by atoms with Gasteiger partial charge in [0.25, 0.3) is 0 Å². The van der Waals surface area contributed by atoms with Crippen molar-refractivity contribution >= 4 is 17.5 Å². The molecule has 0 saturated carbocycles. The number of nitrogens with two attached hydrogens (primary N) is 1. The third-order valence-electron chi connectivity index (χ3n) is 2.17. The predicted octanol–water partition coefficient (Wildman–Crippen LogP) is -0.204. The second kappa shape index (κ2) is 7.44. The van der Waals surface area contributed by atoms with Crippen LogP contribution < -0.4 is 16.4 Å². The van der Waals surface area contributed by atoms with Gasteiger partial charge in [0.15, 0.2) is 0 Å². The van der Waals surface area contributed by atoms with Crippen molar-refractivity contribution in [2.24, 2.45) is 0 Å². The second-order valence-corrected chi connectivity index (χ2v) is 3.64. The summed E-state index contributed by atoms with van der Waals surface area (Å²) in [5.41, 5.74) is 5.63. The first-order valence-electron chi connectivity index (χ1n) is 5.78. The van der Waals surface area contributed by atoms with E-state index in [1.807, 2.05) is 6.92 Å². The highest BCUT2D eigenvalue weighted by Gasteiger charge is 2.04. The molecule has 100 valence electrons. The smallest absolute Gasteiger partial charge is 0.239 e. The maximum atomic E-state index is 11.4. The van der Waals surface area contributed by atoms with E-state index >= 15 is 0 Å². The van der Waals surface area contributed by atoms with Crippen LogP contribution in [0, 0.1) is 0 Å². The predicted molar refractivity (Wildman–Crippen MR) is 69.2 cm³/mol. The fraction of sp³-hybridized carbons (Fsp3) is 0.545. The molecule has 1 amide bonds. The molecule has 1 aromatic rings. The van der Waals surface area contributed by atoms with Crippen LogP contribution in [0.3, 0.4) is 0 Å². The molecule has 0 aromatic carbocycles. The van der Waals surface area contributed by atoms with Crippen LogP contribution in [0.1, 0.15) is 12.7 Å². The van der Waals surface area contributed by atoms with E-state index in [0.717, 1.165) is 0 Å². The number of ether oxygens (including phenoxy) is 1. The highest BCUT2D eigenvalue weighted by atomic mass is 16.5. The first-order valence-corrected chi connectivity index (χ1v) is 5.78. The Labute approximate surface area is 106 Å². The van der Waals surface area contributed by atoms with Gasteiger partial charge in [0.2, 0.25) is 5.91 Å². The number of rotatable bonds is 7. The Morgan fingerprint density at radius 2 is 2.28 bits per heavy atom. The zero-order chi connectivity index (χ0) is 13.4. The summed E-state index contributed by atoms with van der Waals surface area (Å²) >= 11 is 0. The highest BCUT2D eigenvalue weighted by molar-refractivity contribution is 5.80. The summed E-state index contributed by atoms with van der Waals surface area (Å²) in [6.07, 6.45) is 0.694. The Morgan fingerprint density at radius 3 is 2.94 bits per heavy atom. The lowest BCUT2D eigenvalue weighted by Crippen LogP contribution is -2.32. The van der Waals surface area contributed by atoms with E-state index in [4.69, 9.17) is 10.5 Å². The summed E-state index contributed by atoms with van der Waals surface area (Å²) in [6, 6.07) is 1.60. The molecule has 0 atom stereocenters. The van der Waals surface area contributed by atoms with E-state index in [1.54, 1.807) is 13.2 Å². The number of nitrogens with one attached hydrogen (secondary N) is 2. The zero-order valence-corrected chi connectivity index (χ0v) is 10.7. The van der Waals surface area contributed by atoms with E-state index in [1.165, 1.54) is 0 Å². The van der Waals surface area contributed by atoms with Gasteiger partial charge in [-0.3, -0.25) is 4.79 Å². The number of nitrogen functional groups attached to an aromatic ring is 1. The number of hydrogen-bond acceptors (Lipinski definition) is 6. The van der Waals surface area contributed by atoms with Gasteiger partial charge in [0.1, 0.15) is 17.5 Å². The molecule has 0 unspecified atom stereocenters. The molecule has 0 spiro atoms. The molecule has 1 aromatic heterocycles. The maximum absolute atomic E-state index is 11.4. The zero-order valence-electron chi connectivity index (χ0n) is 10.7. The standard InChI is InChI=1S/C11H19N5O2/c1-3-9-15-8(12)6-10(16-9)14-7-11(17)13-4-5-18-2/h6H,3-5,7H2,1-2H3,(H,13,17)(H3,12,14,15,16). The molecule has 0 radical (unpaired) electrons. The van der Waals surface area contributed by atoms with Crippen molar-refractivity contribution in [3.05, 3.63) is 11.9 Å². The number of carbonyl (C=O) groups excluding carboxylic acids is 1. The number of nitrogens with zero attached hydrogens (tertiary/aromatic N) is 2. The monoisotopic (exact) mass is 253 g/mol. The van der Waals surface area contributed by atoms with Crippen molar-refractivity contribution in [3.63, 3.8) is 0 Å². The minimum Gasteiger partial charge on any atom is -0.384 e. The van der Waals surface area contributed by atoms with Gasteiger partial charge in [-0.05, 0) is 0 Å². The third kappa shape index (κ3) is 4.96. The molecule has 0 aliphatic rings. The molecule has 18 heavy (non-hydrogen) atoms. The molecule has 0 saturated heterocycles. The summed E-state index contributed by atoms with van der Waals surface area (Å²) in [5.74, 6) is 1.48. The van der Waals surface area contributed by atoms with Crippen molar-refractivity contribution in [2.45, 2.75) is 13.3 Å². The van der Waals surface area contributed by atoms with Crippen molar-refractivity contribution in [3.8, 4) is 0 Å². The van der Waals surface area contributed by atoms with E-state index in [-0.39, 0.29) is 12.5 Å². The number of aromatic nitrogens is 2. The summed E-state index contributed by atoms with van der Waals surface area (Å²) in [6.45, 7) is 3.06. The van der Waals surface area contributed by atoms with Crippen LogP contribution in [0.25, 0.3) is 0 Å². The molecule has 4 N–H and O–H groups in total. The van der Waals surface area contributed by atoms with Crippen LogP contribution in [-0.2, 0) is 16.0 Å². The molecule has 0 fully saturated rings. The van der Waals surface area contributed by atoms with E-state index < -0.39 is 0 Å². The average molecular weight is 253 g/mol. The molecular weight excluding hydrogens is 234 g/mol. The van der Waals surface area contributed by atoms with Gasteiger partial charge in [0.05, 0.1) is 13.2 Å². The van der Waals surface area contributed by atoms with Crippen LogP contribution in [0.15, 0.2) is 6.07 Å². The Hall–Kier alpha value is -1.89.